The largest absolute Gasteiger partial charge is 0.496 e. The molecule has 2 heterocycles. The van der Waals surface area contributed by atoms with Gasteiger partial charge in [0.15, 0.2) is 5.96 Å². The molecule has 0 unspecified atom stereocenters. The minimum Gasteiger partial charge on any atom is -0.496 e. The summed E-state index contributed by atoms with van der Waals surface area (Å²) in [5, 5.41) is 6.70. The molecule has 0 spiro atoms. The first-order chi connectivity index (χ1) is 13.8. The average Bonchev–Trinajstić information content (AvgIpc) is 3.27. The molecule has 1 aromatic carbocycles. The molecule has 0 radical (unpaired) electrons. The van der Waals surface area contributed by atoms with Crippen LogP contribution in [0.1, 0.15) is 30.9 Å². The summed E-state index contributed by atoms with van der Waals surface area (Å²) >= 11 is 0. The highest BCUT2D eigenvalue weighted by atomic mass is 127. The quantitative estimate of drug-likeness (QED) is 0.324. The summed E-state index contributed by atoms with van der Waals surface area (Å²) in [6.45, 7) is 6.53. The molecule has 0 aliphatic carbocycles. The summed E-state index contributed by atoms with van der Waals surface area (Å²) in [6, 6.07) is 12.4. The van der Waals surface area contributed by atoms with Crippen LogP contribution in [0.3, 0.4) is 0 Å². The van der Waals surface area contributed by atoms with Crippen LogP contribution in [0.15, 0.2) is 47.6 Å². The van der Waals surface area contributed by atoms with Crippen molar-refractivity contribution in [3.05, 3.63) is 53.7 Å². The number of rotatable bonds is 8. The Morgan fingerprint density at radius 3 is 2.62 bits per heavy atom. The number of nitrogens with one attached hydrogen (secondary N) is 2. The van der Waals surface area contributed by atoms with E-state index in [0.29, 0.717) is 6.54 Å². The molecule has 2 aromatic rings. The molecule has 2 N–H and O–H groups in total. The molecular weight excluding hydrogens is 477 g/mol. The van der Waals surface area contributed by atoms with Gasteiger partial charge < -0.3 is 20.3 Å². The van der Waals surface area contributed by atoms with Crippen LogP contribution < -0.4 is 20.3 Å². The number of anilines is 1. The fraction of sp³-hybridized carbons (Fsp3) is 0.455. The highest BCUT2D eigenvalue weighted by Crippen LogP contribution is 2.18. The number of halogens is 1. The van der Waals surface area contributed by atoms with Crippen LogP contribution in [0.2, 0.25) is 0 Å². The Kier molecular flexibility index (Phi) is 10.0. The third kappa shape index (κ3) is 7.06. The van der Waals surface area contributed by atoms with Crippen molar-refractivity contribution in [1.82, 2.24) is 15.6 Å². The van der Waals surface area contributed by atoms with E-state index >= 15 is 0 Å². The van der Waals surface area contributed by atoms with Gasteiger partial charge in [-0.15, -0.1) is 24.0 Å². The summed E-state index contributed by atoms with van der Waals surface area (Å²) in [4.78, 5) is 11.6. The maximum atomic E-state index is 5.42. The molecular formula is C22H32IN5O. The topological polar surface area (TPSA) is 61.8 Å². The second-order valence-corrected chi connectivity index (χ2v) is 6.90. The zero-order valence-electron chi connectivity index (χ0n) is 17.4. The lowest BCUT2D eigenvalue weighted by Gasteiger charge is -2.16. The number of ether oxygens (including phenoxy) is 1. The van der Waals surface area contributed by atoms with E-state index in [9.17, 15) is 0 Å². The van der Waals surface area contributed by atoms with E-state index < -0.39 is 0 Å². The maximum absolute atomic E-state index is 5.42. The molecule has 0 amide bonds. The van der Waals surface area contributed by atoms with Crippen LogP contribution in [0.25, 0.3) is 0 Å². The molecule has 3 rings (SSSR count). The number of pyridine rings is 1. The van der Waals surface area contributed by atoms with E-state index in [1.165, 1.54) is 18.4 Å². The van der Waals surface area contributed by atoms with Crippen molar-refractivity contribution < 1.29 is 4.74 Å². The molecule has 1 aliphatic rings. The zero-order valence-corrected chi connectivity index (χ0v) is 19.7. The maximum Gasteiger partial charge on any atom is 0.191 e. The minimum atomic E-state index is 0. The van der Waals surface area contributed by atoms with Gasteiger partial charge in [0, 0.05) is 32.4 Å². The fourth-order valence-electron chi connectivity index (χ4n) is 3.38. The highest BCUT2D eigenvalue weighted by Gasteiger charge is 2.12. The lowest BCUT2D eigenvalue weighted by molar-refractivity contribution is 0.409. The normalized spacial score (nSPS) is 13.7. The van der Waals surface area contributed by atoms with E-state index in [4.69, 9.17) is 9.73 Å². The SMILES string of the molecule is CCNC(=NCc1ccc(N2CCCC2)nc1)NCCc1ccccc1OC.I. The number of para-hydroxylation sites is 1. The van der Waals surface area contributed by atoms with E-state index in [1.54, 1.807) is 7.11 Å². The average molecular weight is 509 g/mol. The predicted octanol–water partition coefficient (Wildman–Crippen LogP) is 3.61. The van der Waals surface area contributed by atoms with Crippen molar-refractivity contribution in [2.45, 2.75) is 32.7 Å². The first-order valence-electron chi connectivity index (χ1n) is 10.1. The third-order valence-electron chi connectivity index (χ3n) is 4.88. The monoisotopic (exact) mass is 509 g/mol. The van der Waals surface area contributed by atoms with Crippen LogP contribution in [-0.2, 0) is 13.0 Å². The Morgan fingerprint density at radius 1 is 1.14 bits per heavy atom. The Labute approximate surface area is 191 Å². The Morgan fingerprint density at radius 2 is 1.93 bits per heavy atom. The Bertz CT molecular complexity index is 760. The smallest absolute Gasteiger partial charge is 0.191 e. The lowest BCUT2D eigenvalue weighted by Crippen LogP contribution is -2.38. The van der Waals surface area contributed by atoms with Gasteiger partial charge in [0.1, 0.15) is 11.6 Å². The molecule has 29 heavy (non-hydrogen) atoms. The predicted molar refractivity (Wildman–Crippen MR) is 131 cm³/mol. The summed E-state index contributed by atoms with van der Waals surface area (Å²) in [6.07, 6.45) is 5.34. The van der Waals surface area contributed by atoms with E-state index in [1.807, 2.05) is 24.4 Å². The number of hydrogen-bond donors (Lipinski definition) is 2. The molecule has 0 atom stereocenters. The number of guanidine groups is 1. The van der Waals surface area contributed by atoms with Gasteiger partial charge in [-0.1, -0.05) is 24.3 Å². The van der Waals surface area contributed by atoms with Gasteiger partial charge in [0.2, 0.25) is 0 Å². The minimum absolute atomic E-state index is 0. The van der Waals surface area contributed by atoms with Crippen molar-refractivity contribution >= 4 is 35.8 Å². The molecule has 158 valence electrons. The molecule has 1 aromatic heterocycles. The highest BCUT2D eigenvalue weighted by molar-refractivity contribution is 14.0. The molecule has 7 heteroatoms. The second-order valence-electron chi connectivity index (χ2n) is 6.90. The van der Waals surface area contributed by atoms with Crippen molar-refractivity contribution in [3.63, 3.8) is 0 Å². The summed E-state index contributed by atoms with van der Waals surface area (Å²) < 4.78 is 5.42. The Hall–Kier alpha value is -2.03. The van der Waals surface area contributed by atoms with Gasteiger partial charge in [-0.05, 0) is 49.4 Å². The van der Waals surface area contributed by atoms with E-state index in [2.05, 4.69) is 45.6 Å². The zero-order chi connectivity index (χ0) is 19.6. The van der Waals surface area contributed by atoms with Gasteiger partial charge in [0.25, 0.3) is 0 Å². The van der Waals surface area contributed by atoms with Crippen molar-refractivity contribution in [3.8, 4) is 5.75 Å². The van der Waals surface area contributed by atoms with Gasteiger partial charge in [-0.25, -0.2) is 9.98 Å². The van der Waals surface area contributed by atoms with Gasteiger partial charge in [-0.2, -0.15) is 0 Å². The number of methoxy groups -OCH3 is 1. The first kappa shape index (κ1) is 23.3. The molecule has 0 bridgehead atoms. The Balaban J connectivity index is 0.00000300. The first-order valence-corrected chi connectivity index (χ1v) is 10.1. The standard InChI is InChI=1S/C22H31N5O.HI/c1-3-23-22(24-13-12-19-8-4-5-9-20(19)28-2)26-17-18-10-11-21(25-16-18)27-14-6-7-15-27;/h4-5,8-11,16H,3,6-7,12-15,17H2,1-2H3,(H2,23,24,26);1H. The summed E-state index contributed by atoms with van der Waals surface area (Å²) in [5.74, 6) is 2.82. The molecule has 1 saturated heterocycles. The van der Waals surface area contributed by atoms with Crippen LogP contribution >= 0.6 is 24.0 Å². The van der Waals surface area contributed by atoms with Crippen LogP contribution in [0.5, 0.6) is 5.75 Å². The summed E-state index contributed by atoms with van der Waals surface area (Å²) in [7, 11) is 1.71. The van der Waals surface area contributed by atoms with Gasteiger partial charge in [0.05, 0.1) is 13.7 Å². The van der Waals surface area contributed by atoms with E-state index in [0.717, 1.165) is 55.7 Å². The van der Waals surface area contributed by atoms with Gasteiger partial charge >= 0.3 is 0 Å². The summed E-state index contributed by atoms with van der Waals surface area (Å²) in [5.41, 5.74) is 2.31. The molecule has 0 saturated carbocycles. The lowest BCUT2D eigenvalue weighted by atomic mass is 10.1. The van der Waals surface area contributed by atoms with Crippen LogP contribution in [0, 0.1) is 0 Å². The van der Waals surface area contributed by atoms with Crippen molar-refractivity contribution in [2.24, 2.45) is 4.99 Å². The number of benzene rings is 1. The third-order valence-corrected chi connectivity index (χ3v) is 4.88. The number of hydrogen-bond acceptors (Lipinski definition) is 4. The van der Waals surface area contributed by atoms with Gasteiger partial charge in [-0.3, -0.25) is 0 Å². The van der Waals surface area contributed by atoms with Crippen molar-refractivity contribution in [1.29, 1.82) is 0 Å². The molecule has 1 aliphatic heterocycles. The van der Waals surface area contributed by atoms with Crippen LogP contribution in [0.4, 0.5) is 5.82 Å². The number of nitrogens with zero attached hydrogens (tertiary/aromatic N) is 3. The number of aromatic nitrogens is 1. The van der Waals surface area contributed by atoms with E-state index in [-0.39, 0.29) is 24.0 Å². The second kappa shape index (κ2) is 12.5. The van der Waals surface area contributed by atoms with Crippen LogP contribution in [-0.4, -0.2) is 44.2 Å². The fourth-order valence-corrected chi connectivity index (χ4v) is 3.38. The van der Waals surface area contributed by atoms with Crippen molar-refractivity contribution in [2.75, 3.05) is 38.2 Å². The number of aliphatic imine (C=N–C) groups is 1. The molecule has 1 fully saturated rings. The molecule has 6 nitrogen and oxygen atoms in total.